The van der Waals surface area contributed by atoms with E-state index in [9.17, 15) is 0 Å². The number of unbranched alkanes of at least 4 members (excludes halogenated alkanes) is 13. The van der Waals surface area contributed by atoms with E-state index < -0.39 is 0 Å². The standard InChI is InChI=1S/C25H49N2/c1-4-7-10-11-12-13-14-15-16-17-19-22-27-24-23-26(21-9-6-3)25(27)20-18-8-5-2/h23-24H,4-22H2,1-3H3/q+1. The summed E-state index contributed by atoms with van der Waals surface area (Å²) in [5.74, 6) is 1.57. The summed E-state index contributed by atoms with van der Waals surface area (Å²) in [6, 6.07) is 0. The lowest BCUT2D eigenvalue weighted by atomic mass is 10.1. The Morgan fingerprint density at radius 2 is 1.15 bits per heavy atom. The van der Waals surface area contributed by atoms with Crippen molar-refractivity contribution >= 4 is 0 Å². The number of imidazole rings is 1. The topological polar surface area (TPSA) is 8.81 Å². The maximum atomic E-state index is 2.55. The summed E-state index contributed by atoms with van der Waals surface area (Å²) in [6.45, 7) is 9.31. The van der Waals surface area contributed by atoms with Crippen LogP contribution in [0, 0.1) is 0 Å². The zero-order chi connectivity index (χ0) is 19.6. The molecule has 0 aliphatic heterocycles. The van der Waals surface area contributed by atoms with E-state index in [2.05, 4.69) is 42.3 Å². The Morgan fingerprint density at radius 3 is 1.74 bits per heavy atom. The van der Waals surface area contributed by atoms with Crippen molar-refractivity contribution in [1.82, 2.24) is 4.57 Å². The van der Waals surface area contributed by atoms with Crippen molar-refractivity contribution in [2.24, 2.45) is 0 Å². The van der Waals surface area contributed by atoms with Crippen molar-refractivity contribution in [3.63, 3.8) is 0 Å². The largest absolute Gasteiger partial charge is 0.256 e. The van der Waals surface area contributed by atoms with Gasteiger partial charge in [0.1, 0.15) is 12.4 Å². The van der Waals surface area contributed by atoms with Crippen molar-refractivity contribution in [1.29, 1.82) is 0 Å². The van der Waals surface area contributed by atoms with E-state index in [1.54, 1.807) is 5.82 Å². The van der Waals surface area contributed by atoms with E-state index in [1.165, 1.54) is 122 Å². The van der Waals surface area contributed by atoms with Crippen LogP contribution in [0.25, 0.3) is 0 Å². The summed E-state index contributed by atoms with van der Waals surface area (Å²) in [5, 5.41) is 0. The Bertz CT molecular complexity index is 436. The zero-order valence-electron chi connectivity index (χ0n) is 19.0. The molecule has 0 saturated heterocycles. The highest BCUT2D eigenvalue weighted by Crippen LogP contribution is 2.12. The van der Waals surface area contributed by atoms with Gasteiger partial charge in [-0.25, -0.2) is 9.13 Å². The van der Waals surface area contributed by atoms with Crippen molar-refractivity contribution in [2.75, 3.05) is 0 Å². The molecule has 27 heavy (non-hydrogen) atoms. The Labute approximate surface area is 170 Å². The first-order valence-electron chi connectivity index (χ1n) is 12.4. The molecule has 0 aromatic carbocycles. The molecule has 0 aliphatic carbocycles. The normalized spacial score (nSPS) is 11.4. The van der Waals surface area contributed by atoms with E-state index in [1.807, 2.05) is 0 Å². The quantitative estimate of drug-likeness (QED) is 0.173. The second kappa shape index (κ2) is 17.3. The van der Waals surface area contributed by atoms with E-state index >= 15 is 0 Å². The van der Waals surface area contributed by atoms with Gasteiger partial charge >= 0.3 is 0 Å². The lowest BCUT2D eigenvalue weighted by Gasteiger charge is -2.06. The van der Waals surface area contributed by atoms with Gasteiger partial charge in [0.15, 0.2) is 0 Å². The molecule has 2 nitrogen and oxygen atoms in total. The maximum Gasteiger partial charge on any atom is 0.256 e. The predicted octanol–water partition coefficient (Wildman–Crippen LogP) is 7.62. The predicted molar refractivity (Wildman–Crippen MR) is 119 cm³/mol. The lowest BCUT2D eigenvalue weighted by Crippen LogP contribution is -2.37. The third kappa shape index (κ3) is 11.6. The van der Waals surface area contributed by atoms with Gasteiger partial charge < -0.3 is 0 Å². The molecule has 0 N–H and O–H groups in total. The van der Waals surface area contributed by atoms with Crippen LogP contribution in [0.5, 0.6) is 0 Å². The van der Waals surface area contributed by atoms with Gasteiger partial charge in [0.2, 0.25) is 0 Å². The average molecular weight is 378 g/mol. The Hall–Kier alpha value is -0.790. The van der Waals surface area contributed by atoms with Gasteiger partial charge in [0.25, 0.3) is 5.82 Å². The van der Waals surface area contributed by atoms with E-state index in [4.69, 9.17) is 0 Å². The summed E-state index contributed by atoms with van der Waals surface area (Å²) in [7, 11) is 0. The molecule has 1 aromatic heterocycles. The number of aromatic nitrogens is 2. The van der Waals surface area contributed by atoms with Crippen LogP contribution < -0.4 is 4.57 Å². The van der Waals surface area contributed by atoms with Crippen molar-refractivity contribution in [3.05, 3.63) is 18.2 Å². The molecule has 158 valence electrons. The molecule has 0 atom stereocenters. The van der Waals surface area contributed by atoms with Crippen LogP contribution >= 0.6 is 0 Å². The Balaban J connectivity index is 2.20. The number of hydrogen-bond acceptors (Lipinski definition) is 0. The molecule has 1 aromatic rings. The zero-order valence-corrected chi connectivity index (χ0v) is 19.0. The molecular weight excluding hydrogens is 328 g/mol. The third-order valence-electron chi connectivity index (χ3n) is 5.85. The first-order valence-corrected chi connectivity index (χ1v) is 12.4. The molecule has 1 rings (SSSR count). The Morgan fingerprint density at radius 1 is 0.630 bits per heavy atom. The van der Waals surface area contributed by atoms with Gasteiger partial charge in [-0.2, -0.15) is 0 Å². The van der Waals surface area contributed by atoms with Gasteiger partial charge in [-0.15, -0.1) is 0 Å². The highest BCUT2D eigenvalue weighted by Gasteiger charge is 2.15. The summed E-state index contributed by atoms with van der Waals surface area (Å²) >= 11 is 0. The van der Waals surface area contributed by atoms with Gasteiger partial charge in [0.05, 0.1) is 13.1 Å². The van der Waals surface area contributed by atoms with Gasteiger partial charge in [-0.05, 0) is 25.7 Å². The molecule has 0 amide bonds. The van der Waals surface area contributed by atoms with Crippen LogP contribution in [0.4, 0.5) is 0 Å². The summed E-state index contributed by atoms with van der Waals surface area (Å²) < 4.78 is 5.08. The maximum absolute atomic E-state index is 2.55. The third-order valence-corrected chi connectivity index (χ3v) is 5.85. The fraction of sp³-hybridized carbons (Fsp3) is 0.880. The SMILES string of the molecule is CCCCCCCCCCCCCn1cc[n+](CCCC)c1CCCCC. The van der Waals surface area contributed by atoms with Crippen molar-refractivity contribution in [3.8, 4) is 0 Å². The summed E-state index contributed by atoms with van der Waals surface area (Å²) in [5.41, 5.74) is 0. The molecule has 0 fully saturated rings. The minimum Gasteiger partial charge on any atom is -0.234 e. The van der Waals surface area contributed by atoms with Crippen LogP contribution in [0.1, 0.15) is 129 Å². The molecule has 0 radical (unpaired) electrons. The highest BCUT2D eigenvalue weighted by atomic mass is 15.1. The monoisotopic (exact) mass is 377 g/mol. The smallest absolute Gasteiger partial charge is 0.234 e. The highest BCUT2D eigenvalue weighted by molar-refractivity contribution is 4.84. The summed E-state index contributed by atoms with van der Waals surface area (Å²) in [6.07, 6.45) is 28.2. The molecule has 1 heterocycles. The molecular formula is C25H49N2+. The Kier molecular flexibility index (Phi) is 15.6. The van der Waals surface area contributed by atoms with Crippen LogP contribution in [0.3, 0.4) is 0 Å². The number of rotatable bonds is 19. The fourth-order valence-electron chi connectivity index (χ4n) is 4.00. The van der Waals surface area contributed by atoms with Crippen molar-refractivity contribution < 1.29 is 4.57 Å². The van der Waals surface area contributed by atoms with Gasteiger partial charge in [0, 0.05) is 6.42 Å². The first-order chi connectivity index (χ1) is 13.3. The molecule has 0 spiro atoms. The van der Waals surface area contributed by atoms with Crippen LogP contribution in [-0.4, -0.2) is 4.57 Å². The molecule has 0 unspecified atom stereocenters. The van der Waals surface area contributed by atoms with E-state index in [0.29, 0.717) is 0 Å². The first kappa shape index (κ1) is 24.2. The second-order valence-corrected chi connectivity index (χ2v) is 8.45. The van der Waals surface area contributed by atoms with Gasteiger partial charge in [-0.1, -0.05) is 97.8 Å². The average Bonchev–Trinajstić information content (AvgIpc) is 3.06. The number of hydrogen-bond donors (Lipinski definition) is 0. The molecule has 0 saturated carbocycles. The molecule has 0 aliphatic rings. The van der Waals surface area contributed by atoms with E-state index in [-0.39, 0.29) is 0 Å². The van der Waals surface area contributed by atoms with E-state index in [0.717, 1.165) is 0 Å². The van der Waals surface area contributed by atoms with Crippen LogP contribution in [0.15, 0.2) is 12.4 Å². The van der Waals surface area contributed by atoms with Gasteiger partial charge in [-0.3, -0.25) is 0 Å². The fourth-order valence-corrected chi connectivity index (χ4v) is 4.00. The minimum absolute atomic E-state index is 1.20. The lowest BCUT2D eigenvalue weighted by molar-refractivity contribution is -0.704. The summed E-state index contributed by atoms with van der Waals surface area (Å²) in [4.78, 5) is 0. The van der Waals surface area contributed by atoms with Crippen LogP contribution in [-0.2, 0) is 19.5 Å². The number of nitrogens with zero attached hydrogens (tertiary/aromatic N) is 2. The molecule has 2 heteroatoms. The van der Waals surface area contributed by atoms with Crippen molar-refractivity contribution in [2.45, 2.75) is 143 Å². The minimum atomic E-state index is 1.20. The second-order valence-electron chi connectivity index (χ2n) is 8.45. The molecule has 0 bridgehead atoms. The number of aryl methyl sites for hydroxylation is 2. The van der Waals surface area contributed by atoms with Crippen LogP contribution in [0.2, 0.25) is 0 Å².